The summed E-state index contributed by atoms with van der Waals surface area (Å²) < 4.78 is 0. The lowest BCUT2D eigenvalue weighted by Gasteiger charge is -2.07. The summed E-state index contributed by atoms with van der Waals surface area (Å²) in [6, 6.07) is 10.0. The van der Waals surface area contributed by atoms with Gasteiger partial charge in [0, 0.05) is 0 Å². The Labute approximate surface area is 80.0 Å². The molecule has 1 aromatic carbocycles. The van der Waals surface area contributed by atoms with Gasteiger partial charge in [0.2, 0.25) is 0 Å². The summed E-state index contributed by atoms with van der Waals surface area (Å²) in [6.07, 6.45) is 2.27. The number of hydrogen-bond acceptors (Lipinski definition) is 1. The molecule has 1 unspecified atom stereocenters. The maximum Gasteiger partial charge on any atom is 0.0991 e. The quantitative estimate of drug-likeness (QED) is 0.688. The number of benzene rings is 1. The summed E-state index contributed by atoms with van der Waals surface area (Å²) >= 11 is 0. The first-order valence-electron chi connectivity index (χ1n) is 4.75. The molecule has 0 fully saturated rings. The average Bonchev–Trinajstić information content (AvgIpc) is 2.18. The van der Waals surface area contributed by atoms with Crippen LogP contribution in [-0.2, 0) is 6.42 Å². The van der Waals surface area contributed by atoms with Crippen molar-refractivity contribution in [1.29, 1.82) is 5.26 Å². The summed E-state index contributed by atoms with van der Waals surface area (Å²) in [5.74, 6) is 0.703. The molecular weight excluding hydrogens is 158 g/mol. The predicted molar refractivity (Wildman–Crippen MR) is 54.3 cm³/mol. The van der Waals surface area contributed by atoms with Gasteiger partial charge in [0.05, 0.1) is 11.6 Å². The molecule has 0 aliphatic heterocycles. The zero-order valence-corrected chi connectivity index (χ0v) is 8.25. The zero-order chi connectivity index (χ0) is 9.68. The first-order valence-corrected chi connectivity index (χ1v) is 4.75. The SMILES string of the molecule is CCC(C)Cc1cccc(C#N)c1. The monoisotopic (exact) mass is 173 g/mol. The summed E-state index contributed by atoms with van der Waals surface area (Å²) in [6.45, 7) is 4.43. The highest BCUT2D eigenvalue weighted by Crippen LogP contribution is 2.12. The van der Waals surface area contributed by atoms with Gasteiger partial charge in [-0.15, -0.1) is 0 Å². The summed E-state index contributed by atoms with van der Waals surface area (Å²) in [7, 11) is 0. The third-order valence-electron chi connectivity index (χ3n) is 2.34. The third kappa shape index (κ3) is 2.91. The molecule has 0 N–H and O–H groups in total. The van der Waals surface area contributed by atoms with Crippen LogP contribution in [0.15, 0.2) is 24.3 Å². The lowest BCUT2D eigenvalue weighted by Crippen LogP contribution is -1.97. The summed E-state index contributed by atoms with van der Waals surface area (Å²) in [4.78, 5) is 0. The van der Waals surface area contributed by atoms with Gasteiger partial charge in [0.25, 0.3) is 0 Å². The van der Waals surface area contributed by atoms with Crippen molar-refractivity contribution in [3.05, 3.63) is 35.4 Å². The minimum Gasteiger partial charge on any atom is -0.192 e. The molecular formula is C12H15N. The van der Waals surface area contributed by atoms with Crippen molar-refractivity contribution in [2.45, 2.75) is 26.7 Å². The fourth-order valence-electron chi connectivity index (χ4n) is 1.31. The van der Waals surface area contributed by atoms with E-state index in [0.29, 0.717) is 5.92 Å². The van der Waals surface area contributed by atoms with Gasteiger partial charge >= 0.3 is 0 Å². The molecule has 0 aromatic heterocycles. The standard InChI is InChI=1S/C12H15N/c1-3-10(2)7-11-5-4-6-12(8-11)9-13/h4-6,8,10H,3,7H2,1-2H3. The molecule has 1 aromatic rings. The van der Waals surface area contributed by atoms with Gasteiger partial charge in [0.1, 0.15) is 0 Å². The van der Waals surface area contributed by atoms with Crippen LogP contribution >= 0.6 is 0 Å². The molecule has 1 heteroatoms. The number of rotatable bonds is 3. The van der Waals surface area contributed by atoms with Crippen molar-refractivity contribution in [2.24, 2.45) is 5.92 Å². The van der Waals surface area contributed by atoms with E-state index in [-0.39, 0.29) is 0 Å². The van der Waals surface area contributed by atoms with Gasteiger partial charge in [-0.2, -0.15) is 5.26 Å². The van der Waals surface area contributed by atoms with Gasteiger partial charge in [-0.3, -0.25) is 0 Å². The van der Waals surface area contributed by atoms with Crippen molar-refractivity contribution < 1.29 is 0 Å². The highest BCUT2D eigenvalue weighted by atomic mass is 14.2. The Bertz CT molecular complexity index is 309. The maximum absolute atomic E-state index is 8.70. The Morgan fingerprint density at radius 2 is 2.23 bits per heavy atom. The minimum atomic E-state index is 0.703. The second-order valence-electron chi connectivity index (χ2n) is 3.53. The highest BCUT2D eigenvalue weighted by molar-refractivity contribution is 5.32. The fourth-order valence-corrected chi connectivity index (χ4v) is 1.31. The molecule has 68 valence electrons. The van der Waals surface area contributed by atoms with Crippen LogP contribution in [0.25, 0.3) is 0 Å². The lowest BCUT2D eigenvalue weighted by atomic mass is 9.98. The van der Waals surface area contributed by atoms with Crippen molar-refractivity contribution >= 4 is 0 Å². The molecule has 0 bridgehead atoms. The van der Waals surface area contributed by atoms with Crippen LogP contribution in [0.2, 0.25) is 0 Å². The van der Waals surface area contributed by atoms with E-state index in [2.05, 4.69) is 26.0 Å². The molecule has 1 atom stereocenters. The van der Waals surface area contributed by atoms with E-state index in [1.54, 1.807) is 0 Å². The van der Waals surface area contributed by atoms with E-state index in [0.717, 1.165) is 12.0 Å². The number of nitrogens with zero attached hydrogens (tertiary/aromatic N) is 1. The largest absolute Gasteiger partial charge is 0.192 e. The Kier molecular flexibility index (Phi) is 3.52. The average molecular weight is 173 g/mol. The normalized spacial score (nSPS) is 12.1. The van der Waals surface area contributed by atoms with Crippen molar-refractivity contribution in [3.63, 3.8) is 0 Å². The van der Waals surface area contributed by atoms with Gasteiger partial charge in [0.15, 0.2) is 0 Å². The molecule has 0 heterocycles. The van der Waals surface area contributed by atoms with Crippen LogP contribution in [0, 0.1) is 17.2 Å². The molecule has 1 nitrogen and oxygen atoms in total. The third-order valence-corrected chi connectivity index (χ3v) is 2.34. The van der Waals surface area contributed by atoms with Crippen molar-refractivity contribution in [1.82, 2.24) is 0 Å². The minimum absolute atomic E-state index is 0.703. The van der Waals surface area contributed by atoms with E-state index in [1.165, 1.54) is 12.0 Å². The maximum atomic E-state index is 8.70. The molecule has 0 spiro atoms. The van der Waals surface area contributed by atoms with Crippen LogP contribution in [-0.4, -0.2) is 0 Å². The molecule has 13 heavy (non-hydrogen) atoms. The van der Waals surface area contributed by atoms with Crippen molar-refractivity contribution in [3.8, 4) is 6.07 Å². The van der Waals surface area contributed by atoms with Crippen LogP contribution in [0.4, 0.5) is 0 Å². The van der Waals surface area contributed by atoms with Gasteiger partial charge in [-0.05, 0) is 30.0 Å². The molecule has 0 aliphatic carbocycles. The van der Waals surface area contributed by atoms with Crippen LogP contribution in [0.3, 0.4) is 0 Å². The zero-order valence-electron chi connectivity index (χ0n) is 8.25. The van der Waals surface area contributed by atoms with Crippen LogP contribution in [0.1, 0.15) is 31.4 Å². The van der Waals surface area contributed by atoms with Crippen LogP contribution in [0.5, 0.6) is 0 Å². The van der Waals surface area contributed by atoms with E-state index in [9.17, 15) is 0 Å². The summed E-state index contributed by atoms with van der Waals surface area (Å²) in [5, 5.41) is 8.70. The van der Waals surface area contributed by atoms with Gasteiger partial charge in [-0.1, -0.05) is 32.4 Å². The summed E-state index contributed by atoms with van der Waals surface area (Å²) in [5.41, 5.74) is 2.04. The first-order chi connectivity index (χ1) is 6.26. The second-order valence-corrected chi connectivity index (χ2v) is 3.53. The number of nitriles is 1. The number of hydrogen-bond donors (Lipinski definition) is 0. The van der Waals surface area contributed by atoms with Gasteiger partial charge in [-0.25, -0.2) is 0 Å². The molecule has 0 saturated heterocycles. The molecule has 1 rings (SSSR count). The topological polar surface area (TPSA) is 23.8 Å². The Hall–Kier alpha value is -1.29. The predicted octanol–water partition coefficient (Wildman–Crippen LogP) is 3.15. The fraction of sp³-hybridized carbons (Fsp3) is 0.417. The highest BCUT2D eigenvalue weighted by Gasteiger charge is 2.01. The molecule has 0 radical (unpaired) electrons. The van der Waals surface area contributed by atoms with E-state index >= 15 is 0 Å². The molecule has 0 saturated carbocycles. The Morgan fingerprint density at radius 3 is 2.85 bits per heavy atom. The first kappa shape index (κ1) is 9.80. The molecule has 0 aliphatic rings. The van der Waals surface area contributed by atoms with Crippen molar-refractivity contribution in [2.75, 3.05) is 0 Å². The Morgan fingerprint density at radius 1 is 1.46 bits per heavy atom. The Balaban J connectivity index is 2.73. The van der Waals surface area contributed by atoms with Gasteiger partial charge < -0.3 is 0 Å². The smallest absolute Gasteiger partial charge is 0.0991 e. The van der Waals surface area contributed by atoms with Crippen LogP contribution < -0.4 is 0 Å². The second kappa shape index (κ2) is 4.67. The van der Waals surface area contributed by atoms with E-state index < -0.39 is 0 Å². The molecule has 0 amide bonds. The lowest BCUT2D eigenvalue weighted by molar-refractivity contribution is 0.560. The van der Waals surface area contributed by atoms with E-state index in [4.69, 9.17) is 5.26 Å². The van der Waals surface area contributed by atoms with E-state index in [1.807, 2.05) is 18.2 Å².